The molecule has 0 radical (unpaired) electrons. The zero-order chi connectivity index (χ0) is 15.1. The van der Waals surface area contributed by atoms with E-state index >= 15 is 0 Å². The predicted octanol–water partition coefficient (Wildman–Crippen LogP) is 3.00. The Morgan fingerprint density at radius 3 is 2.35 bits per heavy atom. The second kappa shape index (κ2) is 5.04. The fourth-order valence-electron chi connectivity index (χ4n) is 2.64. The van der Waals surface area contributed by atoms with Gasteiger partial charge in [-0.25, -0.2) is 8.42 Å². The molecule has 1 saturated carbocycles. The van der Waals surface area contributed by atoms with Crippen molar-refractivity contribution in [3.05, 3.63) is 29.3 Å². The van der Waals surface area contributed by atoms with Crippen LogP contribution in [0.3, 0.4) is 0 Å². The van der Waals surface area contributed by atoms with E-state index in [0.29, 0.717) is 0 Å². The van der Waals surface area contributed by atoms with Crippen LogP contribution in [-0.2, 0) is 14.6 Å². The molecule has 20 heavy (non-hydrogen) atoms. The topological polar surface area (TPSA) is 71.4 Å². The summed E-state index contributed by atoms with van der Waals surface area (Å²) in [5, 5.41) is 9.52. The summed E-state index contributed by atoms with van der Waals surface area (Å²) in [5.41, 5.74) is 0. The van der Waals surface area contributed by atoms with Crippen LogP contribution in [-0.4, -0.2) is 24.2 Å². The van der Waals surface area contributed by atoms with Gasteiger partial charge in [0.05, 0.1) is 9.92 Å². The van der Waals surface area contributed by atoms with Crippen LogP contribution in [0.25, 0.3) is 0 Å². The van der Waals surface area contributed by atoms with Crippen molar-refractivity contribution in [2.24, 2.45) is 11.8 Å². The molecule has 4 nitrogen and oxygen atoms in total. The Balaban J connectivity index is 2.47. The van der Waals surface area contributed by atoms with Crippen molar-refractivity contribution < 1.29 is 18.3 Å². The molecule has 2 rings (SSSR count). The lowest BCUT2D eigenvalue weighted by atomic mass is 9.69. The zero-order valence-electron chi connectivity index (χ0n) is 11.3. The summed E-state index contributed by atoms with van der Waals surface area (Å²) in [6, 6.07) is 5.99. The van der Waals surface area contributed by atoms with Crippen molar-refractivity contribution >= 4 is 27.4 Å². The first-order valence-electron chi connectivity index (χ1n) is 6.45. The molecule has 0 atom stereocenters. The van der Waals surface area contributed by atoms with E-state index in [0.717, 1.165) is 0 Å². The monoisotopic (exact) mass is 316 g/mol. The van der Waals surface area contributed by atoms with Crippen LogP contribution in [0.5, 0.6) is 0 Å². The van der Waals surface area contributed by atoms with E-state index in [4.69, 9.17) is 11.6 Å². The van der Waals surface area contributed by atoms with Gasteiger partial charge in [-0.15, -0.1) is 0 Å². The maximum atomic E-state index is 12.7. The highest BCUT2D eigenvalue weighted by Gasteiger charge is 2.61. The lowest BCUT2D eigenvalue weighted by Gasteiger charge is -2.45. The van der Waals surface area contributed by atoms with Gasteiger partial charge in [-0.05, 0) is 36.8 Å². The lowest BCUT2D eigenvalue weighted by Crippen LogP contribution is -2.57. The third kappa shape index (κ3) is 2.13. The van der Waals surface area contributed by atoms with Gasteiger partial charge in [-0.2, -0.15) is 0 Å². The Morgan fingerprint density at radius 1 is 1.35 bits per heavy atom. The number of hydrogen-bond acceptors (Lipinski definition) is 3. The fourth-order valence-corrected chi connectivity index (χ4v) is 5.18. The SMILES string of the molecule is CC(C)C1CC(C(=O)O)(S(=O)(=O)c2ccccc2Cl)C1. The third-order valence-electron chi connectivity index (χ3n) is 4.16. The van der Waals surface area contributed by atoms with Crippen molar-refractivity contribution in [2.45, 2.75) is 36.3 Å². The lowest BCUT2D eigenvalue weighted by molar-refractivity contribution is -0.144. The number of benzene rings is 1. The van der Waals surface area contributed by atoms with E-state index in [1.807, 2.05) is 13.8 Å². The molecule has 1 aliphatic carbocycles. The standard InChI is InChI=1S/C14H17ClO4S/c1-9(2)10-7-14(8-10,13(16)17)20(18,19)12-6-4-3-5-11(12)15/h3-6,9-10H,7-8H2,1-2H3,(H,16,17). The van der Waals surface area contributed by atoms with Gasteiger partial charge >= 0.3 is 5.97 Å². The van der Waals surface area contributed by atoms with E-state index < -0.39 is 20.6 Å². The quantitative estimate of drug-likeness (QED) is 0.927. The Bertz CT molecular complexity index is 630. The van der Waals surface area contributed by atoms with Crippen molar-refractivity contribution in [2.75, 3.05) is 0 Å². The number of aliphatic carboxylic acids is 1. The maximum Gasteiger partial charge on any atom is 0.325 e. The van der Waals surface area contributed by atoms with Crippen LogP contribution in [0.4, 0.5) is 0 Å². The van der Waals surface area contributed by atoms with E-state index in [2.05, 4.69) is 0 Å². The number of hydrogen-bond donors (Lipinski definition) is 1. The minimum absolute atomic E-state index is 0.0705. The van der Waals surface area contributed by atoms with Gasteiger partial charge in [0, 0.05) is 0 Å². The molecule has 0 aliphatic heterocycles. The Morgan fingerprint density at radius 2 is 1.90 bits per heavy atom. The van der Waals surface area contributed by atoms with Crippen LogP contribution >= 0.6 is 11.6 Å². The van der Waals surface area contributed by atoms with Gasteiger partial charge in [0.15, 0.2) is 14.6 Å². The number of sulfone groups is 1. The summed E-state index contributed by atoms with van der Waals surface area (Å²) in [6.45, 7) is 3.94. The number of carboxylic acid groups (broad SMARTS) is 1. The van der Waals surface area contributed by atoms with Crippen LogP contribution in [0, 0.1) is 11.8 Å². The second-order valence-corrected chi connectivity index (χ2v) is 8.28. The molecule has 1 aliphatic rings. The number of carbonyl (C=O) groups is 1. The predicted molar refractivity (Wildman–Crippen MR) is 76.6 cm³/mol. The summed E-state index contributed by atoms with van der Waals surface area (Å²) >= 11 is 5.93. The van der Waals surface area contributed by atoms with Gasteiger partial charge in [0.25, 0.3) is 0 Å². The second-order valence-electron chi connectivity index (χ2n) is 5.65. The minimum atomic E-state index is -3.99. The molecule has 0 aromatic heterocycles. The highest BCUT2D eigenvalue weighted by Crippen LogP contribution is 2.50. The van der Waals surface area contributed by atoms with Crippen molar-refractivity contribution in [1.82, 2.24) is 0 Å². The largest absolute Gasteiger partial charge is 0.480 e. The van der Waals surface area contributed by atoms with Gasteiger partial charge in [0.1, 0.15) is 0 Å². The summed E-state index contributed by atoms with van der Waals surface area (Å²) in [4.78, 5) is 11.5. The van der Waals surface area contributed by atoms with Crippen molar-refractivity contribution in [3.63, 3.8) is 0 Å². The summed E-state index contributed by atoms with van der Waals surface area (Å²) in [7, 11) is -3.99. The number of rotatable bonds is 4. The first-order chi connectivity index (χ1) is 9.22. The molecule has 1 N–H and O–H groups in total. The smallest absolute Gasteiger partial charge is 0.325 e. The minimum Gasteiger partial charge on any atom is -0.480 e. The van der Waals surface area contributed by atoms with Crippen LogP contribution < -0.4 is 0 Å². The summed E-state index contributed by atoms with van der Waals surface area (Å²) in [5.74, 6) is -0.901. The molecule has 1 aromatic carbocycles. The van der Waals surface area contributed by atoms with Gasteiger partial charge in [-0.1, -0.05) is 37.6 Å². The van der Waals surface area contributed by atoms with E-state index in [9.17, 15) is 18.3 Å². The van der Waals surface area contributed by atoms with Crippen LogP contribution in [0.1, 0.15) is 26.7 Å². The highest BCUT2D eigenvalue weighted by molar-refractivity contribution is 7.93. The molecule has 0 heterocycles. The Kier molecular flexibility index (Phi) is 3.86. The molecule has 1 aromatic rings. The molecular weight excluding hydrogens is 300 g/mol. The molecule has 0 spiro atoms. The normalized spacial score (nSPS) is 26.3. The van der Waals surface area contributed by atoms with Crippen LogP contribution in [0.15, 0.2) is 29.2 Å². The first kappa shape index (κ1) is 15.3. The summed E-state index contributed by atoms with van der Waals surface area (Å²) in [6.07, 6.45) is 0.293. The van der Waals surface area contributed by atoms with E-state index in [1.165, 1.54) is 12.1 Å². The van der Waals surface area contributed by atoms with Gasteiger partial charge in [-0.3, -0.25) is 4.79 Å². The molecule has 0 saturated heterocycles. The van der Waals surface area contributed by atoms with Crippen LogP contribution in [0.2, 0.25) is 5.02 Å². The third-order valence-corrected chi connectivity index (χ3v) is 7.07. The average molecular weight is 317 g/mol. The molecule has 0 unspecified atom stereocenters. The molecule has 0 amide bonds. The Hall–Kier alpha value is -1.07. The van der Waals surface area contributed by atoms with E-state index in [-0.39, 0.29) is 34.6 Å². The Labute approximate surface area is 123 Å². The molecular formula is C14H17ClO4S. The van der Waals surface area contributed by atoms with Gasteiger partial charge in [0.2, 0.25) is 0 Å². The fraction of sp³-hybridized carbons (Fsp3) is 0.500. The molecule has 6 heteroatoms. The van der Waals surface area contributed by atoms with Crippen molar-refractivity contribution in [1.29, 1.82) is 0 Å². The highest BCUT2D eigenvalue weighted by atomic mass is 35.5. The molecule has 110 valence electrons. The van der Waals surface area contributed by atoms with Crippen molar-refractivity contribution in [3.8, 4) is 0 Å². The zero-order valence-corrected chi connectivity index (χ0v) is 12.9. The summed E-state index contributed by atoms with van der Waals surface area (Å²) < 4.78 is 23.7. The van der Waals surface area contributed by atoms with Gasteiger partial charge < -0.3 is 5.11 Å². The average Bonchev–Trinajstić information content (AvgIpc) is 2.26. The maximum absolute atomic E-state index is 12.7. The molecule has 1 fully saturated rings. The number of halogens is 1. The number of carboxylic acids is 1. The molecule has 0 bridgehead atoms. The first-order valence-corrected chi connectivity index (χ1v) is 8.31. The van der Waals surface area contributed by atoms with E-state index in [1.54, 1.807) is 12.1 Å².